The third kappa shape index (κ3) is 3.57. The minimum Gasteiger partial charge on any atom is -0.496 e. The highest BCUT2D eigenvalue weighted by molar-refractivity contribution is 7.10. The van der Waals surface area contributed by atoms with Crippen LogP contribution in [0.25, 0.3) is 0 Å². The molecule has 0 saturated heterocycles. The highest BCUT2D eigenvalue weighted by Crippen LogP contribution is 2.32. The molecule has 4 nitrogen and oxygen atoms in total. The van der Waals surface area contributed by atoms with Gasteiger partial charge in [0.1, 0.15) is 5.75 Å². The lowest BCUT2D eigenvalue weighted by molar-refractivity contribution is -0.123. The molecule has 0 unspecified atom stereocenters. The van der Waals surface area contributed by atoms with Gasteiger partial charge in [0.05, 0.1) is 13.7 Å². The number of carbonyl (C=O) groups excluding carboxylic acids is 1. The second kappa shape index (κ2) is 7.15. The molecule has 1 aromatic heterocycles. The summed E-state index contributed by atoms with van der Waals surface area (Å²) in [5.41, 5.74) is 2.37. The monoisotopic (exact) mass is 330 g/mol. The number of rotatable bonds is 5. The summed E-state index contributed by atoms with van der Waals surface area (Å²) in [5, 5.41) is 5.15. The molecule has 1 atom stereocenters. The van der Waals surface area contributed by atoms with Crippen LogP contribution in [0.15, 0.2) is 35.7 Å². The average molecular weight is 330 g/mol. The maximum absolute atomic E-state index is 12.3. The number of thiophene rings is 1. The van der Waals surface area contributed by atoms with Crippen LogP contribution in [0.4, 0.5) is 0 Å². The Hall–Kier alpha value is -1.85. The fourth-order valence-corrected chi connectivity index (χ4v) is 4.02. The van der Waals surface area contributed by atoms with Crippen LogP contribution in [0, 0.1) is 0 Å². The number of benzene rings is 1. The number of nitrogens with one attached hydrogen (secondary N) is 1. The van der Waals surface area contributed by atoms with Gasteiger partial charge >= 0.3 is 0 Å². The maximum atomic E-state index is 12.3. The third-order valence-electron chi connectivity index (χ3n) is 4.42. The van der Waals surface area contributed by atoms with E-state index in [-0.39, 0.29) is 5.91 Å². The molecule has 1 aliphatic heterocycles. The number of carbonyl (C=O) groups is 1. The molecule has 2 aromatic rings. The van der Waals surface area contributed by atoms with E-state index >= 15 is 0 Å². The molecule has 0 saturated carbocycles. The highest BCUT2D eigenvalue weighted by atomic mass is 32.1. The quantitative estimate of drug-likeness (QED) is 0.916. The summed E-state index contributed by atoms with van der Waals surface area (Å²) < 4.78 is 5.31. The van der Waals surface area contributed by atoms with Crippen LogP contribution in [0.1, 0.15) is 29.0 Å². The summed E-state index contributed by atoms with van der Waals surface area (Å²) in [6, 6.07) is 10.3. The van der Waals surface area contributed by atoms with Gasteiger partial charge in [0.25, 0.3) is 0 Å². The Balaban J connectivity index is 1.56. The van der Waals surface area contributed by atoms with Gasteiger partial charge in [0.2, 0.25) is 5.91 Å². The normalized spacial score (nSPS) is 17.6. The third-order valence-corrected chi connectivity index (χ3v) is 5.42. The smallest absolute Gasteiger partial charge is 0.234 e. The first-order chi connectivity index (χ1) is 11.2. The van der Waals surface area contributed by atoms with Crippen molar-refractivity contribution in [2.75, 3.05) is 20.2 Å². The van der Waals surface area contributed by atoms with E-state index in [9.17, 15) is 4.79 Å². The predicted octanol–water partition coefficient (Wildman–Crippen LogP) is 2.99. The minimum absolute atomic E-state index is 0.0569. The van der Waals surface area contributed by atoms with E-state index in [1.165, 1.54) is 10.4 Å². The Bertz CT molecular complexity index is 683. The van der Waals surface area contributed by atoms with Crippen molar-refractivity contribution in [2.45, 2.75) is 25.9 Å². The van der Waals surface area contributed by atoms with E-state index in [4.69, 9.17) is 4.74 Å². The molecule has 122 valence electrons. The fourth-order valence-electron chi connectivity index (χ4n) is 3.06. The molecule has 0 bridgehead atoms. The lowest BCUT2D eigenvalue weighted by Gasteiger charge is -2.32. The molecule has 2 heterocycles. The Labute approximate surface area is 141 Å². The van der Waals surface area contributed by atoms with Crippen LogP contribution in [-0.4, -0.2) is 31.0 Å². The zero-order chi connectivity index (χ0) is 16.2. The molecule has 0 aliphatic carbocycles. The summed E-state index contributed by atoms with van der Waals surface area (Å²) in [4.78, 5) is 16.0. The number of methoxy groups -OCH3 is 1. The van der Waals surface area contributed by atoms with Gasteiger partial charge in [-0.3, -0.25) is 9.69 Å². The molecule has 0 spiro atoms. The maximum Gasteiger partial charge on any atom is 0.234 e. The molecule has 1 N–H and O–H groups in total. The van der Waals surface area contributed by atoms with Crippen molar-refractivity contribution in [3.8, 4) is 5.75 Å². The number of nitrogens with zero attached hydrogens (tertiary/aromatic N) is 1. The van der Waals surface area contributed by atoms with E-state index in [0.29, 0.717) is 19.1 Å². The number of para-hydroxylation sites is 1. The van der Waals surface area contributed by atoms with Gasteiger partial charge in [-0.2, -0.15) is 0 Å². The standard InChI is InChI=1S/C18H22N2O2S/c1-13-15-8-10-23-17(15)7-9-20(13)12-18(21)19-11-14-5-3-4-6-16(14)22-2/h3-6,8,10,13H,7,9,11-12H2,1-2H3,(H,19,21)/t13-/m0/s1. The Morgan fingerprint density at radius 2 is 2.22 bits per heavy atom. The predicted molar refractivity (Wildman–Crippen MR) is 92.9 cm³/mol. The molecule has 3 rings (SSSR count). The highest BCUT2D eigenvalue weighted by Gasteiger charge is 2.25. The van der Waals surface area contributed by atoms with Crippen molar-refractivity contribution in [2.24, 2.45) is 0 Å². The van der Waals surface area contributed by atoms with E-state index < -0.39 is 0 Å². The Morgan fingerprint density at radius 1 is 1.39 bits per heavy atom. The lowest BCUT2D eigenvalue weighted by atomic mass is 10.0. The first kappa shape index (κ1) is 16.0. The summed E-state index contributed by atoms with van der Waals surface area (Å²) in [5.74, 6) is 0.864. The molecule has 23 heavy (non-hydrogen) atoms. The van der Waals surface area contributed by atoms with Crippen molar-refractivity contribution in [3.63, 3.8) is 0 Å². The van der Waals surface area contributed by atoms with Crippen LogP contribution in [0.2, 0.25) is 0 Å². The zero-order valence-corrected chi connectivity index (χ0v) is 14.4. The summed E-state index contributed by atoms with van der Waals surface area (Å²) in [7, 11) is 1.65. The topological polar surface area (TPSA) is 41.6 Å². The molecule has 1 aliphatic rings. The zero-order valence-electron chi connectivity index (χ0n) is 13.5. The first-order valence-corrected chi connectivity index (χ1v) is 8.76. The minimum atomic E-state index is 0.0569. The summed E-state index contributed by atoms with van der Waals surface area (Å²) in [6.45, 7) is 4.05. The second-order valence-corrected chi connectivity index (χ2v) is 6.78. The van der Waals surface area contributed by atoms with Crippen molar-refractivity contribution in [3.05, 3.63) is 51.7 Å². The van der Waals surface area contributed by atoms with E-state index in [1.54, 1.807) is 7.11 Å². The largest absolute Gasteiger partial charge is 0.496 e. The Morgan fingerprint density at radius 3 is 3.04 bits per heavy atom. The van der Waals surface area contributed by atoms with Gasteiger partial charge in [-0.25, -0.2) is 0 Å². The summed E-state index contributed by atoms with van der Waals surface area (Å²) in [6.07, 6.45) is 1.04. The Kier molecular flexibility index (Phi) is 4.98. The lowest BCUT2D eigenvalue weighted by Crippen LogP contribution is -2.41. The number of amides is 1. The number of fused-ring (bicyclic) bond motifs is 1. The number of hydrogen-bond donors (Lipinski definition) is 1. The van der Waals surface area contributed by atoms with Gasteiger partial charge in [-0.1, -0.05) is 18.2 Å². The van der Waals surface area contributed by atoms with Gasteiger partial charge < -0.3 is 10.1 Å². The SMILES string of the molecule is COc1ccccc1CNC(=O)CN1CCc2sccc2[C@@H]1C. The van der Waals surface area contributed by atoms with Crippen LogP contribution < -0.4 is 10.1 Å². The van der Waals surface area contributed by atoms with Crippen molar-refractivity contribution in [1.82, 2.24) is 10.2 Å². The van der Waals surface area contributed by atoms with Gasteiger partial charge in [0.15, 0.2) is 0 Å². The second-order valence-electron chi connectivity index (χ2n) is 5.78. The summed E-state index contributed by atoms with van der Waals surface area (Å²) >= 11 is 1.82. The molecule has 1 amide bonds. The average Bonchev–Trinajstić information content (AvgIpc) is 3.05. The van der Waals surface area contributed by atoms with Crippen molar-refractivity contribution < 1.29 is 9.53 Å². The first-order valence-electron chi connectivity index (χ1n) is 7.88. The number of ether oxygens (including phenoxy) is 1. The van der Waals surface area contributed by atoms with Gasteiger partial charge in [-0.15, -0.1) is 11.3 Å². The molecular formula is C18H22N2O2S. The molecule has 5 heteroatoms. The van der Waals surface area contributed by atoms with Crippen LogP contribution in [-0.2, 0) is 17.8 Å². The fraction of sp³-hybridized carbons (Fsp3) is 0.389. The molecule has 0 radical (unpaired) electrons. The molecule has 1 aromatic carbocycles. The van der Waals surface area contributed by atoms with Gasteiger partial charge in [-0.05, 0) is 36.4 Å². The molecule has 0 fully saturated rings. The molecular weight excluding hydrogens is 308 g/mol. The van der Waals surface area contributed by atoms with E-state index in [2.05, 4.69) is 28.6 Å². The number of hydrogen-bond acceptors (Lipinski definition) is 4. The van der Waals surface area contributed by atoms with Crippen molar-refractivity contribution in [1.29, 1.82) is 0 Å². The van der Waals surface area contributed by atoms with Crippen molar-refractivity contribution >= 4 is 17.2 Å². The van der Waals surface area contributed by atoms with Crippen LogP contribution >= 0.6 is 11.3 Å². The van der Waals surface area contributed by atoms with E-state index in [0.717, 1.165) is 24.3 Å². The van der Waals surface area contributed by atoms with E-state index in [1.807, 2.05) is 35.6 Å². The van der Waals surface area contributed by atoms with Gasteiger partial charge in [0, 0.05) is 29.6 Å². The van der Waals surface area contributed by atoms with Crippen LogP contribution in [0.3, 0.4) is 0 Å². The van der Waals surface area contributed by atoms with Crippen LogP contribution in [0.5, 0.6) is 5.75 Å².